The summed E-state index contributed by atoms with van der Waals surface area (Å²) < 4.78 is 49.6. The van der Waals surface area contributed by atoms with Gasteiger partial charge in [0.2, 0.25) is 10.0 Å². The van der Waals surface area contributed by atoms with Gasteiger partial charge in [0.15, 0.2) is 5.82 Å². The van der Waals surface area contributed by atoms with Gasteiger partial charge in [0, 0.05) is 6.54 Å². The molecule has 1 aliphatic rings. The standard InChI is InChI=1S/C12H13ClFNO5S/c1-19-12(16)9-7-20-6-5-15(9)21(17,18)10-4-2-3-8(13)11(10)14/h2-4,9H,5-7H2,1H3. The molecule has 0 spiro atoms. The second-order valence-electron chi connectivity index (χ2n) is 4.28. The zero-order chi connectivity index (χ0) is 15.6. The van der Waals surface area contributed by atoms with Gasteiger partial charge in [0.05, 0.1) is 25.3 Å². The van der Waals surface area contributed by atoms with Crippen LogP contribution in [0.4, 0.5) is 4.39 Å². The Labute approximate surface area is 126 Å². The lowest BCUT2D eigenvalue weighted by molar-refractivity contribution is -0.149. The van der Waals surface area contributed by atoms with Crippen molar-refractivity contribution < 1.29 is 27.1 Å². The summed E-state index contributed by atoms with van der Waals surface area (Å²) in [6.45, 7) is -0.114. The van der Waals surface area contributed by atoms with Crippen LogP contribution in [-0.4, -0.2) is 51.6 Å². The van der Waals surface area contributed by atoms with E-state index in [4.69, 9.17) is 16.3 Å². The normalized spacial score (nSPS) is 20.2. The Bertz CT molecular complexity index is 651. The Kier molecular flexibility index (Phi) is 4.82. The van der Waals surface area contributed by atoms with E-state index in [1.165, 1.54) is 12.1 Å². The Morgan fingerprint density at radius 1 is 1.52 bits per heavy atom. The first-order chi connectivity index (χ1) is 9.89. The van der Waals surface area contributed by atoms with Crippen molar-refractivity contribution in [2.75, 3.05) is 26.9 Å². The molecule has 1 aromatic rings. The molecule has 1 aromatic carbocycles. The minimum atomic E-state index is -4.23. The van der Waals surface area contributed by atoms with E-state index < -0.39 is 32.7 Å². The van der Waals surface area contributed by atoms with Gasteiger partial charge in [0.25, 0.3) is 0 Å². The molecule has 1 saturated heterocycles. The summed E-state index contributed by atoms with van der Waals surface area (Å²) in [7, 11) is -3.09. The predicted molar refractivity (Wildman–Crippen MR) is 71.9 cm³/mol. The second-order valence-corrected chi connectivity index (χ2v) is 6.55. The van der Waals surface area contributed by atoms with Crippen LogP contribution in [0, 0.1) is 5.82 Å². The third-order valence-electron chi connectivity index (χ3n) is 3.06. The molecule has 0 amide bonds. The molecule has 0 saturated carbocycles. The van der Waals surface area contributed by atoms with E-state index in [1.54, 1.807) is 0 Å². The van der Waals surface area contributed by atoms with Crippen LogP contribution in [0.5, 0.6) is 0 Å². The van der Waals surface area contributed by atoms with Crippen molar-refractivity contribution in [1.29, 1.82) is 0 Å². The van der Waals surface area contributed by atoms with Crippen LogP contribution in [0.15, 0.2) is 23.1 Å². The third kappa shape index (κ3) is 3.03. The van der Waals surface area contributed by atoms with Crippen molar-refractivity contribution >= 4 is 27.6 Å². The Morgan fingerprint density at radius 3 is 2.90 bits per heavy atom. The molecular weight excluding hydrogens is 325 g/mol. The van der Waals surface area contributed by atoms with Crippen LogP contribution in [-0.2, 0) is 24.3 Å². The van der Waals surface area contributed by atoms with Gasteiger partial charge in [-0.3, -0.25) is 4.79 Å². The molecule has 21 heavy (non-hydrogen) atoms. The zero-order valence-electron chi connectivity index (χ0n) is 11.1. The third-order valence-corrected chi connectivity index (χ3v) is 5.27. The van der Waals surface area contributed by atoms with Crippen molar-refractivity contribution in [2.45, 2.75) is 10.9 Å². The van der Waals surface area contributed by atoms with Crippen LogP contribution in [0.3, 0.4) is 0 Å². The van der Waals surface area contributed by atoms with Crippen molar-refractivity contribution in [2.24, 2.45) is 0 Å². The molecule has 0 aromatic heterocycles. The maximum atomic E-state index is 14.0. The number of esters is 1. The number of carbonyl (C=O) groups is 1. The van der Waals surface area contributed by atoms with E-state index in [-0.39, 0.29) is 24.8 Å². The molecule has 0 N–H and O–H groups in total. The summed E-state index contributed by atoms with van der Waals surface area (Å²) in [5.41, 5.74) is 0. The summed E-state index contributed by atoms with van der Waals surface area (Å²) in [6.07, 6.45) is 0. The number of nitrogens with zero attached hydrogens (tertiary/aromatic N) is 1. The summed E-state index contributed by atoms with van der Waals surface area (Å²) in [5, 5.41) is -0.307. The lowest BCUT2D eigenvalue weighted by Crippen LogP contribution is -2.52. The molecular formula is C12H13ClFNO5S. The van der Waals surface area contributed by atoms with E-state index in [0.29, 0.717) is 0 Å². The van der Waals surface area contributed by atoms with Gasteiger partial charge in [-0.1, -0.05) is 17.7 Å². The number of halogens is 2. The average molecular weight is 338 g/mol. The minimum Gasteiger partial charge on any atom is -0.468 e. The molecule has 116 valence electrons. The monoisotopic (exact) mass is 337 g/mol. The highest BCUT2D eigenvalue weighted by Crippen LogP contribution is 2.27. The fraction of sp³-hybridized carbons (Fsp3) is 0.417. The summed E-state index contributed by atoms with van der Waals surface area (Å²) >= 11 is 5.61. The number of sulfonamides is 1. The molecule has 1 fully saturated rings. The molecule has 0 radical (unpaired) electrons. The number of benzene rings is 1. The van der Waals surface area contributed by atoms with Crippen LogP contribution < -0.4 is 0 Å². The predicted octanol–water partition coefficient (Wildman–Crippen LogP) is 1.04. The van der Waals surface area contributed by atoms with Crippen molar-refractivity contribution in [3.63, 3.8) is 0 Å². The fourth-order valence-electron chi connectivity index (χ4n) is 2.01. The topological polar surface area (TPSA) is 72.9 Å². The number of ether oxygens (including phenoxy) is 2. The number of rotatable bonds is 3. The lowest BCUT2D eigenvalue weighted by Gasteiger charge is -2.32. The fourth-order valence-corrected chi connectivity index (χ4v) is 3.87. The van der Waals surface area contributed by atoms with Crippen LogP contribution >= 0.6 is 11.6 Å². The van der Waals surface area contributed by atoms with Gasteiger partial charge in [-0.2, -0.15) is 4.31 Å². The van der Waals surface area contributed by atoms with Crippen LogP contribution in [0.1, 0.15) is 0 Å². The molecule has 0 aliphatic carbocycles. The van der Waals surface area contributed by atoms with Crippen LogP contribution in [0.25, 0.3) is 0 Å². The number of methoxy groups -OCH3 is 1. The highest BCUT2D eigenvalue weighted by molar-refractivity contribution is 7.89. The van der Waals surface area contributed by atoms with Crippen LogP contribution in [0.2, 0.25) is 5.02 Å². The summed E-state index contributed by atoms with van der Waals surface area (Å²) in [5.74, 6) is -1.81. The maximum Gasteiger partial charge on any atom is 0.326 e. The van der Waals surface area contributed by atoms with E-state index in [2.05, 4.69) is 4.74 Å². The van der Waals surface area contributed by atoms with Gasteiger partial charge in [-0.25, -0.2) is 12.8 Å². The van der Waals surface area contributed by atoms with Gasteiger partial charge < -0.3 is 9.47 Å². The van der Waals surface area contributed by atoms with Crippen molar-refractivity contribution in [3.05, 3.63) is 29.0 Å². The SMILES string of the molecule is COC(=O)C1COCCN1S(=O)(=O)c1cccc(Cl)c1F. The van der Waals surface area contributed by atoms with Crippen molar-refractivity contribution in [3.8, 4) is 0 Å². The molecule has 1 atom stereocenters. The smallest absolute Gasteiger partial charge is 0.326 e. The molecule has 9 heteroatoms. The maximum absolute atomic E-state index is 14.0. The first-order valence-corrected chi connectivity index (χ1v) is 7.83. The Morgan fingerprint density at radius 2 is 2.24 bits per heavy atom. The highest BCUT2D eigenvalue weighted by Gasteiger charge is 2.40. The molecule has 2 rings (SSSR count). The summed E-state index contributed by atoms with van der Waals surface area (Å²) in [6, 6.07) is 2.52. The first kappa shape index (κ1) is 16.2. The van der Waals surface area contributed by atoms with E-state index in [9.17, 15) is 17.6 Å². The lowest BCUT2D eigenvalue weighted by atomic mass is 10.3. The Hall–Kier alpha value is -1.22. The second kappa shape index (κ2) is 6.27. The van der Waals surface area contributed by atoms with E-state index in [1.807, 2.05) is 0 Å². The van der Waals surface area contributed by atoms with E-state index >= 15 is 0 Å². The van der Waals surface area contributed by atoms with Gasteiger partial charge in [0.1, 0.15) is 10.9 Å². The number of hydrogen-bond acceptors (Lipinski definition) is 5. The zero-order valence-corrected chi connectivity index (χ0v) is 12.7. The minimum absolute atomic E-state index is 0.0753. The average Bonchev–Trinajstić information content (AvgIpc) is 2.49. The Balaban J connectivity index is 2.46. The number of hydrogen-bond donors (Lipinski definition) is 0. The molecule has 1 heterocycles. The highest BCUT2D eigenvalue weighted by atomic mass is 35.5. The molecule has 1 aliphatic heterocycles. The number of carbonyl (C=O) groups excluding carboxylic acids is 1. The van der Waals surface area contributed by atoms with Crippen molar-refractivity contribution in [1.82, 2.24) is 4.31 Å². The van der Waals surface area contributed by atoms with Gasteiger partial charge in [-0.15, -0.1) is 0 Å². The molecule has 1 unspecified atom stereocenters. The summed E-state index contributed by atoms with van der Waals surface area (Å²) in [4.78, 5) is 11.1. The molecule has 0 bridgehead atoms. The van der Waals surface area contributed by atoms with Gasteiger partial charge >= 0.3 is 5.97 Å². The number of morpholine rings is 1. The first-order valence-electron chi connectivity index (χ1n) is 6.01. The largest absolute Gasteiger partial charge is 0.468 e. The van der Waals surface area contributed by atoms with Gasteiger partial charge in [-0.05, 0) is 12.1 Å². The molecule has 6 nitrogen and oxygen atoms in total. The quantitative estimate of drug-likeness (QED) is 0.771. The van der Waals surface area contributed by atoms with E-state index in [0.717, 1.165) is 17.5 Å².